The van der Waals surface area contributed by atoms with Crippen molar-refractivity contribution in [3.05, 3.63) is 58.9 Å². The van der Waals surface area contributed by atoms with Gasteiger partial charge in [0.1, 0.15) is 5.82 Å². The van der Waals surface area contributed by atoms with E-state index in [4.69, 9.17) is 11.6 Å². The summed E-state index contributed by atoms with van der Waals surface area (Å²) in [6, 6.07) is 11.7. The zero-order valence-electron chi connectivity index (χ0n) is 11.8. The fraction of sp³-hybridized carbons (Fsp3) is 0.188. The molecule has 110 valence electrons. The molecule has 0 aliphatic carbocycles. The van der Waals surface area contributed by atoms with Crippen molar-refractivity contribution in [2.24, 2.45) is 0 Å². The Hall–Kier alpha value is -2.07. The molecule has 3 nitrogen and oxygen atoms in total. The molecule has 2 N–H and O–H groups in total. The molecule has 0 aliphatic rings. The van der Waals surface area contributed by atoms with Crippen molar-refractivity contribution < 1.29 is 9.18 Å². The van der Waals surface area contributed by atoms with E-state index in [1.807, 2.05) is 31.2 Å². The normalized spacial score (nSPS) is 11.8. The maximum atomic E-state index is 13.3. The van der Waals surface area contributed by atoms with Gasteiger partial charge in [-0.15, -0.1) is 0 Å². The highest BCUT2D eigenvalue weighted by molar-refractivity contribution is 6.30. The van der Waals surface area contributed by atoms with Gasteiger partial charge in [0.15, 0.2) is 0 Å². The van der Waals surface area contributed by atoms with Crippen LogP contribution >= 0.6 is 11.6 Å². The summed E-state index contributed by atoms with van der Waals surface area (Å²) in [4.78, 5) is 11.1. The number of carbonyl (C=O) groups excluding carboxylic acids is 1. The SMILES string of the molecule is CC(=O)Nc1cccc(C(C)Nc2cc(F)cc(Cl)c2)c1. The van der Waals surface area contributed by atoms with Crippen molar-refractivity contribution in [1.82, 2.24) is 0 Å². The molecule has 2 rings (SSSR count). The third kappa shape index (κ3) is 4.46. The number of anilines is 2. The highest BCUT2D eigenvalue weighted by Gasteiger charge is 2.08. The summed E-state index contributed by atoms with van der Waals surface area (Å²) in [5.41, 5.74) is 2.31. The molecule has 0 spiro atoms. The lowest BCUT2D eigenvalue weighted by Crippen LogP contribution is -2.09. The largest absolute Gasteiger partial charge is 0.378 e. The van der Waals surface area contributed by atoms with Crippen LogP contribution in [0.15, 0.2) is 42.5 Å². The van der Waals surface area contributed by atoms with Crippen molar-refractivity contribution in [1.29, 1.82) is 0 Å². The Kier molecular flexibility index (Phi) is 4.81. The molecule has 0 heterocycles. The molecular weight excluding hydrogens is 291 g/mol. The molecule has 0 aliphatic heterocycles. The van der Waals surface area contributed by atoms with Crippen LogP contribution in [-0.4, -0.2) is 5.91 Å². The molecule has 0 fully saturated rings. The number of amides is 1. The third-order valence-corrected chi connectivity index (χ3v) is 3.17. The third-order valence-electron chi connectivity index (χ3n) is 2.95. The maximum Gasteiger partial charge on any atom is 0.221 e. The van der Waals surface area contributed by atoms with Gasteiger partial charge < -0.3 is 10.6 Å². The van der Waals surface area contributed by atoms with Crippen LogP contribution in [0, 0.1) is 5.82 Å². The fourth-order valence-corrected chi connectivity index (χ4v) is 2.28. The predicted molar refractivity (Wildman–Crippen MR) is 84.2 cm³/mol. The molecule has 5 heteroatoms. The van der Waals surface area contributed by atoms with Crippen LogP contribution in [0.5, 0.6) is 0 Å². The molecule has 2 aromatic carbocycles. The Morgan fingerprint density at radius 2 is 1.95 bits per heavy atom. The lowest BCUT2D eigenvalue weighted by Gasteiger charge is -2.17. The van der Waals surface area contributed by atoms with E-state index in [1.165, 1.54) is 19.1 Å². The summed E-state index contributed by atoms with van der Waals surface area (Å²) < 4.78 is 13.3. The number of hydrogen-bond donors (Lipinski definition) is 2. The van der Waals surface area contributed by atoms with Gasteiger partial charge in [-0.05, 0) is 42.8 Å². The Balaban J connectivity index is 2.16. The van der Waals surface area contributed by atoms with Crippen molar-refractivity contribution in [3.63, 3.8) is 0 Å². The van der Waals surface area contributed by atoms with Crippen molar-refractivity contribution in [2.45, 2.75) is 19.9 Å². The Labute approximate surface area is 128 Å². The molecule has 0 saturated carbocycles. The van der Waals surface area contributed by atoms with Gasteiger partial charge in [0.2, 0.25) is 5.91 Å². The molecule has 0 radical (unpaired) electrons. The van der Waals surface area contributed by atoms with E-state index < -0.39 is 0 Å². The maximum absolute atomic E-state index is 13.3. The van der Waals surface area contributed by atoms with E-state index in [1.54, 1.807) is 6.07 Å². The molecule has 1 atom stereocenters. The fourth-order valence-electron chi connectivity index (χ4n) is 2.06. The number of benzene rings is 2. The minimum atomic E-state index is -0.385. The lowest BCUT2D eigenvalue weighted by molar-refractivity contribution is -0.114. The summed E-state index contributed by atoms with van der Waals surface area (Å²) >= 11 is 5.83. The van der Waals surface area contributed by atoms with Crippen LogP contribution in [0.25, 0.3) is 0 Å². The van der Waals surface area contributed by atoms with Crippen LogP contribution in [-0.2, 0) is 4.79 Å². The standard InChI is InChI=1S/C16H16ClFN2O/c1-10(19-16-8-13(17)7-14(18)9-16)12-4-3-5-15(6-12)20-11(2)21/h3-10,19H,1-2H3,(H,20,21). The lowest BCUT2D eigenvalue weighted by atomic mass is 10.1. The topological polar surface area (TPSA) is 41.1 Å². The van der Waals surface area contributed by atoms with Crippen LogP contribution in [0.2, 0.25) is 5.02 Å². The predicted octanol–water partition coefficient (Wildman–Crippen LogP) is 4.61. The van der Waals surface area contributed by atoms with Crippen LogP contribution in [0.4, 0.5) is 15.8 Å². The van der Waals surface area contributed by atoms with E-state index in [-0.39, 0.29) is 17.8 Å². The minimum absolute atomic E-state index is 0.0587. The average molecular weight is 307 g/mol. The van der Waals surface area contributed by atoms with Gasteiger partial charge in [-0.25, -0.2) is 4.39 Å². The van der Waals surface area contributed by atoms with Crippen LogP contribution in [0.1, 0.15) is 25.5 Å². The van der Waals surface area contributed by atoms with E-state index in [2.05, 4.69) is 10.6 Å². The zero-order chi connectivity index (χ0) is 15.4. The summed E-state index contributed by atoms with van der Waals surface area (Å²) in [6.45, 7) is 3.41. The summed E-state index contributed by atoms with van der Waals surface area (Å²) in [7, 11) is 0. The van der Waals surface area contributed by atoms with Gasteiger partial charge in [-0.3, -0.25) is 4.79 Å². The van der Waals surface area contributed by atoms with Gasteiger partial charge in [0.25, 0.3) is 0 Å². The first-order chi connectivity index (χ1) is 9.94. The van der Waals surface area contributed by atoms with E-state index in [0.29, 0.717) is 10.7 Å². The summed E-state index contributed by atoms with van der Waals surface area (Å²) in [5, 5.41) is 6.26. The minimum Gasteiger partial charge on any atom is -0.378 e. The Bertz CT molecular complexity index is 640. The molecular formula is C16H16ClFN2O. The second-order valence-electron chi connectivity index (χ2n) is 4.83. The first-order valence-corrected chi connectivity index (χ1v) is 6.92. The smallest absolute Gasteiger partial charge is 0.221 e. The number of carbonyl (C=O) groups is 1. The van der Waals surface area contributed by atoms with Crippen LogP contribution < -0.4 is 10.6 Å². The molecule has 21 heavy (non-hydrogen) atoms. The van der Waals surface area contributed by atoms with Gasteiger partial charge in [-0.1, -0.05) is 23.7 Å². The van der Waals surface area contributed by atoms with Gasteiger partial charge in [0, 0.05) is 29.4 Å². The quantitative estimate of drug-likeness (QED) is 0.866. The molecule has 0 aromatic heterocycles. The molecule has 1 amide bonds. The second-order valence-corrected chi connectivity index (χ2v) is 5.27. The highest BCUT2D eigenvalue weighted by atomic mass is 35.5. The van der Waals surface area contributed by atoms with E-state index >= 15 is 0 Å². The van der Waals surface area contributed by atoms with Crippen molar-refractivity contribution >= 4 is 28.9 Å². The van der Waals surface area contributed by atoms with Gasteiger partial charge in [-0.2, -0.15) is 0 Å². The number of hydrogen-bond acceptors (Lipinski definition) is 2. The van der Waals surface area contributed by atoms with Gasteiger partial charge >= 0.3 is 0 Å². The number of halogens is 2. The second kappa shape index (κ2) is 6.59. The molecule has 0 bridgehead atoms. The molecule has 2 aromatic rings. The Morgan fingerprint density at radius 1 is 1.19 bits per heavy atom. The Morgan fingerprint density at radius 3 is 2.62 bits per heavy atom. The zero-order valence-corrected chi connectivity index (χ0v) is 12.5. The van der Waals surface area contributed by atoms with Crippen molar-refractivity contribution in [3.8, 4) is 0 Å². The summed E-state index contributed by atoms with van der Waals surface area (Å²) in [6.07, 6.45) is 0. The number of nitrogens with one attached hydrogen (secondary N) is 2. The van der Waals surface area contributed by atoms with Gasteiger partial charge in [0.05, 0.1) is 0 Å². The first kappa shape index (κ1) is 15.3. The van der Waals surface area contributed by atoms with E-state index in [0.717, 1.165) is 11.3 Å². The van der Waals surface area contributed by atoms with Crippen LogP contribution in [0.3, 0.4) is 0 Å². The molecule has 0 saturated heterocycles. The highest BCUT2D eigenvalue weighted by Crippen LogP contribution is 2.24. The van der Waals surface area contributed by atoms with E-state index in [9.17, 15) is 9.18 Å². The number of rotatable bonds is 4. The monoisotopic (exact) mass is 306 g/mol. The first-order valence-electron chi connectivity index (χ1n) is 6.54. The van der Waals surface area contributed by atoms with Crippen molar-refractivity contribution in [2.75, 3.05) is 10.6 Å². The average Bonchev–Trinajstić information content (AvgIpc) is 2.36. The summed E-state index contributed by atoms with van der Waals surface area (Å²) in [5.74, 6) is -0.506. The molecule has 1 unspecified atom stereocenters.